The number of nitrogens with zero attached hydrogens (tertiary/aromatic N) is 5. The average molecular weight is 275 g/mol. The molecule has 0 unspecified atom stereocenters. The third-order valence-electron chi connectivity index (χ3n) is 3.11. The summed E-state index contributed by atoms with van der Waals surface area (Å²) in [5.41, 5.74) is 1.55. The third-order valence-corrected chi connectivity index (χ3v) is 3.11. The molecule has 1 aromatic rings. The molecule has 0 saturated heterocycles. The van der Waals surface area contributed by atoms with Gasteiger partial charge in [-0.05, 0) is 40.7 Å². The fraction of sp³-hybridized carbons (Fsp3) is 0.571. The van der Waals surface area contributed by atoms with Gasteiger partial charge in [-0.1, -0.05) is 0 Å². The lowest BCUT2D eigenvalue weighted by Gasteiger charge is -2.27. The molecular weight excluding hydrogens is 254 g/mol. The second-order valence-electron chi connectivity index (χ2n) is 4.61. The lowest BCUT2D eigenvalue weighted by molar-refractivity contribution is -0.131. The number of hydrogen-bond acceptors (Lipinski definition) is 5. The monoisotopic (exact) mass is 275 g/mol. The summed E-state index contributed by atoms with van der Waals surface area (Å²) in [5.74, 6) is 0.178. The number of carbonyl (C=O) groups is 1. The Morgan fingerprint density at radius 1 is 1.30 bits per heavy atom. The van der Waals surface area contributed by atoms with Crippen LogP contribution in [0.15, 0.2) is 6.07 Å². The summed E-state index contributed by atoms with van der Waals surface area (Å²) >= 11 is 0. The van der Waals surface area contributed by atoms with E-state index >= 15 is 0 Å². The highest BCUT2D eigenvalue weighted by atomic mass is 16.2. The number of aryl methyl sites for hydroxylation is 2. The Labute approximate surface area is 120 Å². The van der Waals surface area contributed by atoms with Crippen LogP contribution in [0.25, 0.3) is 0 Å². The van der Waals surface area contributed by atoms with Crippen molar-refractivity contribution in [1.29, 1.82) is 5.26 Å². The van der Waals surface area contributed by atoms with E-state index in [4.69, 9.17) is 0 Å². The number of likely N-dealkylation sites (N-methyl/N-ethyl adjacent to an activating group) is 1. The number of amides is 1. The summed E-state index contributed by atoms with van der Waals surface area (Å²) < 4.78 is 0. The van der Waals surface area contributed by atoms with Crippen LogP contribution in [0.1, 0.15) is 32.2 Å². The predicted molar refractivity (Wildman–Crippen MR) is 77.0 cm³/mol. The van der Waals surface area contributed by atoms with Crippen LogP contribution in [0.2, 0.25) is 0 Å². The maximum Gasteiger partial charge on any atom is 0.246 e. The van der Waals surface area contributed by atoms with E-state index in [0.717, 1.165) is 11.4 Å². The van der Waals surface area contributed by atoms with E-state index in [0.29, 0.717) is 13.1 Å². The van der Waals surface area contributed by atoms with Gasteiger partial charge in [0.25, 0.3) is 0 Å². The van der Waals surface area contributed by atoms with Crippen LogP contribution in [0.3, 0.4) is 0 Å². The van der Waals surface area contributed by atoms with Gasteiger partial charge in [-0.25, -0.2) is 14.9 Å². The van der Waals surface area contributed by atoms with E-state index in [-0.39, 0.29) is 11.9 Å². The van der Waals surface area contributed by atoms with E-state index in [9.17, 15) is 10.1 Å². The van der Waals surface area contributed by atoms with Crippen molar-refractivity contribution in [2.75, 3.05) is 18.0 Å². The highest BCUT2D eigenvalue weighted by Gasteiger charge is 2.27. The van der Waals surface area contributed by atoms with Crippen LogP contribution in [0, 0.1) is 25.3 Å². The standard InChI is InChI=1S/C14H21N5O/c1-6-18(7-2)13(20)12(5)19(9-15)14-16-10(3)8-11(4)17-14/h8,12H,6-7H2,1-5H3/t12-/m0/s1. The smallest absolute Gasteiger partial charge is 0.246 e. The van der Waals surface area contributed by atoms with Crippen LogP contribution < -0.4 is 4.90 Å². The summed E-state index contributed by atoms with van der Waals surface area (Å²) in [6.45, 7) is 10.4. The fourth-order valence-electron chi connectivity index (χ4n) is 2.03. The molecule has 1 aromatic heterocycles. The summed E-state index contributed by atoms with van der Waals surface area (Å²) in [6.07, 6.45) is 2.02. The molecule has 1 amide bonds. The number of hydrogen-bond donors (Lipinski definition) is 0. The van der Waals surface area contributed by atoms with Gasteiger partial charge in [-0.3, -0.25) is 4.79 Å². The molecule has 0 saturated carbocycles. The Kier molecular flexibility index (Phi) is 5.44. The number of nitriles is 1. The lowest BCUT2D eigenvalue weighted by Crippen LogP contribution is -2.46. The van der Waals surface area contributed by atoms with Gasteiger partial charge in [0.2, 0.25) is 11.9 Å². The lowest BCUT2D eigenvalue weighted by atomic mass is 10.2. The van der Waals surface area contributed by atoms with Crippen molar-refractivity contribution in [1.82, 2.24) is 14.9 Å². The van der Waals surface area contributed by atoms with Gasteiger partial charge in [0.05, 0.1) is 0 Å². The second-order valence-corrected chi connectivity index (χ2v) is 4.61. The minimum Gasteiger partial charge on any atom is -0.341 e. The zero-order valence-corrected chi connectivity index (χ0v) is 12.7. The van der Waals surface area contributed by atoms with Crippen LogP contribution >= 0.6 is 0 Å². The molecule has 0 aliphatic heterocycles. The Morgan fingerprint density at radius 2 is 1.80 bits per heavy atom. The van der Waals surface area contributed by atoms with Gasteiger partial charge in [-0.2, -0.15) is 5.26 Å². The van der Waals surface area contributed by atoms with Gasteiger partial charge in [-0.15, -0.1) is 0 Å². The largest absolute Gasteiger partial charge is 0.341 e. The SMILES string of the molecule is CCN(CC)C(=O)[C@H](C)N(C#N)c1nc(C)cc(C)n1. The number of carbonyl (C=O) groups excluding carboxylic acids is 1. The summed E-state index contributed by atoms with van der Waals surface area (Å²) in [7, 11) is 0. The zero-order chi connectivity index (χ0) is 15.3. The average Bonchev–Trinajstić information content (AvgIpc) is 2.39. The van der Waals surface area contributed by atoms with Crippen LogP contribution in [-0.2, 0) is 4.79 Å². The summed E-state index contributed by atoms with van der Waals surface area (Å²) in [6, 6.07) is 1.22. The minimum absolute atomic E-state index is 0.0979. The summed E-state index contributed by atoms with van der Waals surface area (Å²) in [4.78, 5) is 23.8. The number of anilines is 1. The highest BCUT2D eigenvalue weighted by Crippen LogP contribution is 2.14. The maximum atomic E-state index is 12.3. The van der Waals surface area contributed by atoms with Gasteiger partial charge in [0, 0.05) is 24.5 Å². The molecular formula is C14H21N5O. The molecule has 0 radical (unpaired) electrons. The molecule has 6 nitrogen and oxygen atoms in total. The molecule has 0 spiro atoms. The first-order valence-corrected chi connectivity index (χ1v) is 6.74. The maximum absolute atomic E-state index is 12.3. The normalized spacial score (nSPS) is 11.6. The van der Waals surface area contributed by atoms with Crippen LogP contribution in [0.5, 0.6) is 0 Å². The Hall–Kier alpha value is -2.16. The second kappa shape index (κ2) is 6.85. The molecule has 0 aromatic carbocycles. The molecule has 0 aliphatic carbocycles. The van der Waals surface area contributed by atoms with Crippen molar-refractivity contribution in [3.63, 3.8) is 0 Å². The highest BCUT2D eigenvalue weighted by molar-refractivity contribution is 5.85. The zero-order valence-electron chi connectivity index (χ0n) is 12.7. The van der Waals surface area contributed by atoms with Gasteiger partial charge in [0.15, 0.2) is 6.19 Å². The number of aromatic nitrogens is 2. The van der Waals surface area contributed by atoms with Crippen molar-refractivity contribution < 1.29 is 4.79 Å². The van der Waals surface area contributed by atoms with Crippen molar-refractivity contribution in [3.8, 4) is 6.19 Å². The molecule has 0 aliphatic rings. The molecule has 1 rings (SSSR count). The first-order valence-electron chi connectivity index (χ1n) is 6.74. The summed E-state index contributed by atoms with van der Waals surface area (Å²) in [5, 5.41) is 9.33. The Morgan fingerprint density at radius 3 is 2.20 bits per heavy atom. The van der Waals surface area contributed by atoms with E-state index in [1.54, 1.807) is 11.8 Å². The van der Waals surface area contributed by atoms with Gasteiger partial charge >= 0.3 is 0 Å². The molecule has 6 heteroatoms. The van der Waals surface area contributed by atoms with Crippen molar-refractivity contribution >= 4 is 11.9 Å². The van der Waals surface area contributed by atoms with E-state index in [1.807, 2.05) is 40.0 Å². The molecule has 108 valence electrons. The molecule has 20 heavy (non-hydrogen) atoms. The molecule has 0 bridgehead atoms. The van der Waals surface area contributed by atoms with Gasteiger partial charge in [0.1, 0.15) is 6.04 Å². The fourth-order valence-corrected chi connectivity index (χ4v) is 2.03. The molecule has 1 atom stereocenters. The Balaban J connectivity index is 3.07. The minimum atomic E-state index is -0.610. The quantitative estimate of drug-likeness (QED) is 0.603. The molecule has 0 N–H and O–H groups in total. The van der Waals surface area contributed by atoms with Crippen molar-refractivity contribution in [2.24, 2.45) is 0 Å². The molecule has 1 heterocycles. The third kappa shape index (κ3) is 3.44. The van der Waals surface area contributed by atoms with Crippen LogP contribution in [-0.4, -0.2) is 39.9 Å². The van der Waals surface area contributed by atoms with E-state index in [2.05, 4.69) is 9.97 Å². The van der Waals surface area contributed by atoms with E-state index < -0.39 is 6.04 Å². The van der Waals surface area contributed by atoms with Gasteiger partial charge < -0.3 is 4.90 Å². The first-order chi connectivity index (χ1) is 9.44. The topological polar surface area (TPSA) is 73.1 Å². The first kappa shape index (κ1) is 15.9. The van der Waals surface area contributed by atoms with Crippen LogP contribution in [0.4, 0.5) is 5.95 Å². The molecule has 0 fully saturated rings. The Bertz CT molecular complexity index is 499. The van der Waals surface area contributed by atoms with E-state index in [1.165, 1.54) is 4.90 Å². The van der Waals surface area contributed by atoms with Crippen molar-refractivity contribution in [2.45, 2.75) is 40.7 Å². The number of rotatable bonds is 5. The predicted octanol–water partition coefficient (Wildman–Crippen LogP) is 1.64. The van der Waals surface area contributed by atoms with Crippen molar-refractivity contribution in [3.05, 3.63) is 17.5 Å².